The third kappa shape index (κ3) is 2.07. The van der Waals surface area contributed by atoms with Crippen LogP contribution in [-0.2, 0) is 4.74 Å². The summed E-state index contributed by atoms with van der Waals surface area (Å²) in [5.41, 5.74) is 0.786. The van der Waals surface area contributed by atoms with Crippen LogP contribution in [0.4, 0.5) is 0 Å². The van der Waals surface area contributed by atoms with Crippen molar-refractivity contribution in [2.75, 3.05) is 13.2 Å². The Morgan fingerprint density at radius 2 is 1.53 bits per heavy atom. The quantitative estimate of drug-likeness (QED) is 0.754. The summed E-state index contributed by atoms with van der Waals surface area (Å²) in [6, 6.07) is 1.47. The van der Waals surface area contributed by atoms with E-state index in [4.69, 9.17) is 4.74 Å². The summed E-state index contributed by atoms with van der Waals surface area (Å²) in [5, 5.41) is 3.74. The fourth-order valence-electron chi connectivity index (χ4n) is 3.69. The van der Waals surface area contributed by atoms with Gasteiger partial charge < -0.3 is 10.1 Å². The van der Waals surface area contributed by atoms with Gasteiger partial charge >= 0.3 is 0 Å². The van der Waals surface area contributed by atoms with E-state index in [9.17, 15) is 0 Å². The van der Waals surface area contributed by atoms with Crippen molar-refractivity contribution >= 4 is 0 Å². The van der Waals surface area contributed by atoms with Gasteiger partial charge in [0.15, 0.2) is 0 Å². The lowest BCUT2D eigenvalue weighted by Gasteiger charge is -2.40. The van der Waals surface area contributed by atoms with Crippen LogP contribution < -0.4 is 5.32 Å². The average Bonchev–Trinajstić information content (AvgIpc) is 2.63. The molecule has 2 saturated carbocycles. The summed E-state index contributed by atoms with van der Waals surface area (Å²) in [5.74, 6) is 0. The molecular formula is C13H23NO. The molecule has 1 aliphatic heterocycles. The summed E-state index contributed by atoms with van der Waals surface area (Å²) in [6.45, 7) is 1.89. The lowest BCUT2D eigenvalue weighted by Crippen LogP contribution is -2.51. The minimum atomic E-state index is 0.674. The van der Waals surface area contributed by atoms with Crippen LogP contribution in [-0.4, -0.2) is 25.3 Å². The highest BCUT2D eigenvalue weighted by molar-refractivity contribution is 4.92. The Labute approximate surface area is 92.8 Å². The molecule has 3 fully saturated rings. The van der Waals surface area contributed by atoms with Gasteiger partial charge in [0.25, 0.3) is 0 Å². The average molecular weight is 209 g/mol. The van der Waals surface area contributed by atoms with Crippen molar-refractivity contribution in [1.82, 2.24) is 5.32 Å². The molecule has 15 heavy (non-hydrogen) atoms. The van der Waals surface area contributed by atoms with Crippen LogP contribution in [0, 0.1) is 5.41 Å². The summed E-state index contributed by atoms with van der Waals surface area (Å²) in [7, 11) is 0. The van der Waals surface area contributed by atoms with Crippen LogP contribution in [0.2, 0.25) is 0 Å². The first-order chi connectivity index (χ1) is 7.36. The molecular weight excluding hydrogens is 186 g/mol. The summed E-state index contributed by atoms with van der Waals surface area (Å²) < 4.78 is 5.21. The second-order valence-corrected chi connectivity index (χ2v) is 5.88. The fourth-order valence-corrected chi connectivity index (χ4v) is 3.69. The Morgan fingerprint density at radius 1 is 0.867 bits per heavy atom. The number of rotatable bonds is 2. The maximum atomic E-state index is 5.21. The Hall–Kier alpha value is -0.0800. The maximum Gasteiger partial charge on any atom is 0.0643 e. The summed E-state index contributed by atoms with van der Waals surface area (Å²) in [6.07, 6.45) is 11.8. The standard InChI is InChI=1S/C13H23NO/c1-2-6-13(5-1)7-3-11(4-8-13)14-12-9-15-10-12/h11-12,14H,1-10H2. The van der Waals surface area contributed by atoms with E-state index in [2.05, 4.69) is 5.32 Å². The predicted molar refractivity (Wildman–Crippen MR) is 60.9 cm³/mol. The van der Waals surface area contributed by atoms with Gasteiger partial charge in [-0.25, -0.2) is 0 Å². The zero-order valence-electron chi connectivity index (χ0n) is 9.63. The molecule has 1 N–H and O–H groups in total. The highest BCUT2D eigenvalue weighted by atomic mass is 16.5. The third-order valence-corrected chi connectivity index (χ3v) is 4.82. The SMILES string of the molecule is C1CCC2(C1)CCC(NC1COC1)CC2. The Kier molecular flexibility index (Phi) is 2.73. The van der Waals surface area contributed by atoms with Crippen molar-refractivity contribution in [3.63, 3.8) is 0 Å². The smallest absolute Gasteiger partial charge is 0.0643 e. The maximum absolute atomic E-state index is 5.21. The van der Waals surface area contributed by atoms with Gasteiger partial charge in [0.2, 0.25) is 0 Å². The number of nitrogens with one attached hydrogen (secondary N) is 1. The van der Waals surface area contributed by atoms with E-state index in [0.717, 1.165) is 24.7 Å². The van der Waals surface area contributed by atoms with Crippen molar-refractivity contribution in [3.8, 4) is 0 Å². The van der Waals surface area contributed by atoms with Gasteiger partial charge in [-0.3, -0.25) is 0 Å². The molecule has 1 spiro atoms. The molecule has 86 valence electrons. The minimum Gasteiger partial charge on any atom is -0.378 e. The lowest BCUT2D eigenvalue weighted by molar-refractivity contribution is -0.0145. The van der Waals surface area contributed by atoms with Crippen LogP contribution in [0.25, 0.3) is 0 Å². The van der Waals surface area contributed by atoms with Gasteiger partial charge in [0.1, 0.15) is 0 Å². The van der Waals surface area contributed by atoms with Gasteiger partial charge in [0, 0.05) is 6.04 Å². The van der Waals surface area contributed by atoms with Crippen molar-refractivity contribution in [2.24, 2.45) is 5.41 Å². The fraction of sp³-hybridized carbons (Fsp3) is 1.00. The highest BCUT2D eigenvalue weighted by Crippen LogP contribution is 2.48. The lowest BCUT2D eigenvalue weighted by atomic mass is 9.71. The first-order valence-electron chi connectivity index (χ1n) is 6.70. The van der Waals surface area contributed by atoms with Gasteiger partial charge in [-0.15, -0.1) is 0 Å². The number of hydrogen-bond acceptors (Lipinski definition) is 2. The molecule has 0 bridgehead atoms. The van der Waals surface area contributed by atoms with Crippen molar-refractivity contribution in [2.45, 2.75) is 63.5 Å². The molecule has 1 heterocycles. The van der Waals surface area contributed by atoms with E-state index >= 15 is 0 Å². The molecule has 0 unspecified atom stereocenters. The van der Waals surface area contributed by atoms with Gasteiger partial charge in [-0.1, -0.05) is 12.8 Å². The summed E-state index contributed by atoms with van der Waals surface area (Å²) in [4.78, 5) is 0. The topological polar surface area (TPSA) is 21.3 Å². The van der Waals surface area contributed by atoms with Gasteiger partial charge in [0.05, 0.1) is 19.3 Å². The molecule has 0 amide bonds. The minimum absolute atomic E-state index is 0.674. The molecule has 0 aromatic carbocycles. The molecule has 0 atom stereocenters. The summed E-state index contributed by atoms with van der Waals surface area (Å²) >= 11 is 0. The highest BCUT2D eigenvalue weighted by Gasteiger charge is 2.38. The van der Waals surface area contributed by atoms with Crippen LogP contribution in [0.15, 0.2) is 0 Å². The Morgan fingerprint density at radius 3 is 2.07 bits per heavy atom. The van der Waals surface area contributed by atoms with E-state index < -0.39 is 0 Å². The van der Waals surface area contributed by atoms with Crippen LogP contribution in [0.3, 0.4) is 0 Å². The van der Waals surface area contributed by atoms with Gasteiger partial charge in [-0.05, 0) is 43.9 Å². The second kappa shape index (κ2) is 4.06. The largest absolute Gasteiger partial charge is 0.378 e. The number of hydrogen-bond donors (Lipinski definition) is 1. The molecule has 3 rings (SSSR count). The predicted octanol–water partition coefficient (Wildman–Crippen LogP) is 2.48. The monoisotopic (exact) mass is 209 g/mol. The van der Waals surface area contributed by atoms with E-state index in [0.29, 0.717) is 6.04 Å². The Balaban J connectivity index is 1.47. The number of ether oxygens (including phenoxy) is 1. The van der Waals surface area contributed by atoms with E-state index in [1.165, 1.54) is 51.4 Å². The third-order valence-electron chi connectivity index (χ3n) is 4.82. The molecule has 0 aromatic heterocycles. The van der Waals surface area contributed by atoms with Gasteiger partial charge in [-0.2, -0.15) is 0 Å². The normalized spacial score (nSPS) is 32.0. The van der Waals surface area contributed by atoms with Crippen LogP contribution >= 0.6 is 0 Å². The van der Waals surface area contributed by atoms with Crippen molar-refractivity contribution in [1.29, 1.82) is 0 Å². The molecule has 1 saturated heterocycles. The molecule has 0 aromatic rings. The van der Waals surface area contributed by atoms with E-state index in [-0.39, 0.29) is 0 Å². The molecule has 2 heteroatoms. The second-order valence-electron chi connectivity index (χ2n) is 5.88. The van der Waals surface area contributed by atoms with E-state index in [1.807, 2.05) is 0 Å². The molecule has 0 radical (unpaired) electrons. The molecule has 2 nitrogen and oxygen atoms in total. The van der Waals surface area contributed by atoms with E-state index in [1.54, 1.807) is 0 Å². The first-order valence-corrected chi connectivity index (χ1v) is 6.70. The zero-order valence-corrected chi connectivity index (χ0v) is 9.63. The van der Waals surface area contributed by atoms with Crippen LogP contribution in [0.1, 0.15) is 51.4 Å². The van der Waals surface area contributed by atoms with Crippen molar-refractivity contribution in [3.05, 3.63) is 0 Å². The molecule has 3 aliphatic rings. The Bertz CT molecular complexity index is 209. The van der Waals surface area contributed by atoms with Crippen LogP contribution in [0.5, 0.6) is 0 Å². The first kappa shape index (κ1) is 10.1. The van der Waals surface area contributed by atoms with Crippen molar-refractivity contribution < 1.29 is 4.74 Å². The zero-order chi connectivity index (χ0) is 10.1. The molecule has 2 aliphatic carbocycles.